The minimum Gasteiger partial charge on any atom is -0.493 e. The second kappa shape index (κ2) is 11.4. The van der Waals surface area contributed by atoms with E-state index in [0.29, 0.717) is 56.1 Å². The zero-order valence-electron chi connectivity index (χ0n) is 21.2. The topological polar surface area (TPSA) is 70.1 Å². The first-order valence-electron chi connectivity index (χ1n) is 12.7. The predicted molar refractivity (Wildman–Crippen MR) is 137 cm³/mol. The molecule has 2 aliphatic rings. The molecule has 0 aliphatic carbocycles. The molecule has 2 aromatic carbocycles. The minimum atomic E-state index is -0.814. The molecule has 9 heteroatoms. The maximum absolute atomic E-state index is 13.8. The van der Waals surface area contributed by atoms with Gasteiger partial charge in [-0.05, 0) is 74.9 Å². The first kappa shape index (κ1) is 27.3. The third-order valence-electron chi connectivity index (χ3n) is 7.36. The molecule has 0 aromatic heterocycles. The van der Waals surface area contributed by atoms with Crippen molar-refractivity contribution >= 4 is 23.4 Å². The lowest BCUT2D eigenvalue weighted by Crippen LogP contribution is -2.51. The Morgan fingerprint density at radius 3 is 2.27 bits per heavy atom. The van der Waals surface area contributed by atoms with E-state index >= 15 is 0 Å². The van der Waals surface area contributed by atoms with Gasteiger partial charge in [0.05, 0.1) is 12.7 Å². The molecule has 200 valence electrons. The molecule has 1 atom stereocenters. The van der Waals surface area contributed by atoms with E-state index in [9.17, 15) is 23.5 Å². The molecule has 0 unspecified atom stereocenters. The summed E-state index contributed by atoms with van der Waals surface area (Å²) in [6.45, 7) is 5.59. The first-order valence-corrected chi connectivity index (χ1v) is 13.0. The number of piperidine rings is 2. The number of amides is 2. The number of aliphatic hydroxyl groups excluding tert-OH is 1. The number of ether oxygens (including phenoxy) is 1. The Morgan fingerprint density at radius 1 is 1.03 bits per heavy atom. The molecule has 0 spiro atoms. The number of halogens is 3. The van der Waals surface area contributed by atoms with Crippen LogP contribution in [0.15, 0.2) is 30.3 Å². The number of hydrogen-bond acceptors (Lipinski definition) is 4. The molecule has 37 heavy (non-hydrogen) atoms. The molecule has 1 N–H and O–H groups in total. The van der Waals surface area contributed by atoms with Gasteiger partial charge in [0, 0.05) is 54.7 Å². The lowest BCUT2D eigenvalue weighted by Gasteiger charge is -2.43. The summed E-state index contributed by atoms with van der Waals surface area (Å²) in [5.41, 5.74) is 1.01. The van der Waals surface area contributed by atoms with Crippen LogP contribution in [0, 0.1) is 30.9 Å². The van der Waals surface area contributed by atoms with E-state index in [1.807, 2.05) is 26.0 Å². The third kappa shape index (κ3) is 6.60. The van der Waals surface area contributed by atoms with Crippen LogP contribution >= 0.6 is 11.6 Å². The fourth-order valence-electron chi connectivity index (χ4n) is 5.33. The highest BCUT2D eigenvalue weighted by atomic mass is 35.5. The van der Waals surface area contributed by atoms with Gasteiger partial charge in [0.15, 0.2) is 0 Å². The van der Waals surface area contributed by atoms with Crippen LogP contribution in [0.3, 0.4) is 0 Å². The number of rotatable bonds is 6. The van der Waals surface area contributed by atoms with Crippen LogP contribution in [0.2, 0.25) is 5.02 Å². The van der Waals surface area contributed by atoms with Gasteiger partial charge in [-0.25, -0.2) is 8.78 Å². The highest BCUT2D eigenvalue weighted by molar-refractivity contribution is 6.32. The van der Waals surface area contributed by atoms with Gasteiger partial charge in [0.1, 0.15) is 17.4 Å². The Balaban J connectivity index is 1.57. The lowest BCUT2D eigenvalue weighted by atomic mass is 9.77. The zero-order valence-corrected chi connectivity index (χ0v) is 22.0. The quantitative estimate of drug-likeness (QED) is 0.572. The Kier molecular flexibility index (Phi) is 8.39. The van der Waals surface area contributed by atoms with Crippen molar-refractivity contribution in [2.75, 3.05) is 32.8 Å². The van der Waals surface area contributed by atoms with Crippen molar-refractivity contribution in [2.45, 2.75) is 52.1 Å². The van der Waals surface area contributed by atoms with Crippen LogP contribution in [0.25, 0.3) is 0 Å². The molecule has 2 aliphatic heterocycles. The molecule has 6 nitrogen and oxygen atoms in total. The van der Waals surface area contributed by atoms with E-state index in [2.05, 4.69) is 0 Å². The van der Waals surface area contributed by atoms with E-state index in [-0.39, 0.29) is 31.0 Å². The van der Waals surface area contributed by atoms with E-state index in [4.69, 9.17) is 16.3 Å². The number of carbonyl (C=O) groups excluding carboxylic acids is 2. The van der Waals surface area contributed by atoms with Gasteiger partial charge in [-0.3, -0.25) is 9.59 Å². The standard InChI is InChI=1S/C28H33ClF2N2O4/c1-18-10-24(11-19(2)26(18)29)37-17-28(15-25(35)32-8-4-23(34)5-9-32)6-3-7-33(16-28)27(36)20-12-21(30)14-22(31)13-20/h10-14,23,34H,3-9,15-17H2,1-2H3/t28-/m0/s1. The molecule has 2 saturated heterocycles. The van der Waals surface area contributed by atoms with E-state index < -0.39 is 29.1 Å². The van der Waals surface area contributed by atoms with Crippen molar-refractivity contribution in [1.82, 2.24) is 9.80 Å². The number of nitrogens with zero attached hydrogens (tertiary/aromatic N) is 2. The van der Waals surface area contributed by atoms with Gasteiger partial charge in [-0.1, -0.05) is 11.6 Å². The summed E-state index contributed by atoms with van der Waals surface area (Å²) in [6.07, 6.45) is 2.12. The molecule has 4 rings (SSSR count). The Labute approximate surface area is 221 Å². The summed E-state index contributed by atoms with van der Waals surface area (Å²) < 4.78 is 33.8. The summed E-state index contributed by atoms with van der Waals surface area (Å²) in [4.78, 5) is 29.9. The van der Waals surface area contributed by atoms with Crippen molar-refractivity contribution < 1.29 is 28.2 Å². The lowest BCUT2D eigenvalue weighted by molar-refractivity contribution is -0.137. The van der Waals surface area contributed by atoms with Gasteiger partial charge in [0.25, 0.3) is 5.91 Å². The second-order valence-corrected chi connectivity index (χ2v) is 10.8. The van der Waals surface area contributed by atoms with E-state index in [0.717, 1.165) is 29.3 Å². The van der Waals surface area contributed by atoms with Gasteiger partial charge < -0.3 is 19.6 Å². The van der Waals surface area contributed by atoms with Crippen LogP contribution in [0.4, 0.5) is 8.78 Å². The monoisotopic (exact) mass is 534 g/mol. The number of carbonyl (C=O) groups is 2. The predicted octanol–water partition coefficient (Wildman–Crippen LogP) is 4.91. The van der Waals surface area contributed by atoms with Crippen LogP contribution < -0.4 is 4.74 Å². The number of hydrogen-bond donors (Lipinski definition) is 1. The molecule has 0 saturated carbocycles. The summed E-state index contributed by atoms with van der Waals surface area (Å²) in [6, 6.07) is 6.48. The Morgan fingerprint density at radius 2 is 1.65 bits per heavy atom. The number of benzene rings is 2. The van der Waals surface area contributed by atoms with Gasteiger partial charge in [-0.15, -0.1) is 0 Å². The molecule has 2 fully saturated rings. The van der Waals surface area contributed by atoms with Crippen LogP contribution in [0.5, 0.6) is 5.75 Å². The van der Waals surface area contributed by atoms with Crippen LogP contribution in [-0.2, 0) is 4.79 Å². The summed E-state index contributed by atoms with van der Waals surface area (Å²) >= 11 is 6.30. The third-order valence-corrected chi connectivity index (χ3v) is 7.95. The molecular formula is C28H33ClF2N2O4. The molecule has 0 bridgehead atoms. The molecule has 2 heterocycles. The largest absolute Gasteiger partial charge is 0.493 e. The smallest absolute Gasteiger partial charge is 0.254 e. The fourth-order valence-corrected chi connectivity index (χ4v) is 5.44. The van der Waals surface area contributed by atoms with Crippen molar-refractivity contribution in [2.24, 2.45) is 5.41 Å². The number of aliphatic hydroxyl groups is 1. The van der Waals surface area contributed by atoms with E-state index in [1.54, 1.807) is 9.80 Å². The SMILES string of the molecule is Cc1cc(OC[C@]2(CC(=O)N3CCC(O)CC3)CCCN(C(=O)c3cc(F)cc(F)c3)C2)cc(C)c1Cl. The Bertz CT molecular complexity index is 1130. The minimum absolute atomic E-state index is 0.0509. The number of aryl methyl sites for hydroxylation is 2. The number of likely N-dealkylation sites (tertiary alicyclic amines) is 2. The van der Waals surface area contributed by atoms with Crippen molar-refractivity contribution in [3.05, 3.63) is 63.7 Å². The second-order valence-electron chi connectivity index (χ2n) is 10.4. The van der Waals surface area contributed by atoms with Gasteiger partial charge in [-0.2, -0.15) is 0 Å². The molecule has 2 amide bonds. The average Bonchev–Trinajstić information content (AvgIpc) is 2.85. The maximum Gasteiger partial charge on any atom is 0.254 e. The average molecular weight is 535 g/mol. The first-order chi connectivity index (χ1) is 17.5. The molecule has 2 aromatic rings. The van der Waals surface area contributed by atoms with Gasteiger partial charge >= 0.3 is 0 Å². The molecule has 0 radical (unpaired) electrons. The van der Waals surface area contributed by atoms with Crippen LogP contribution in [-0.4, -0.2) is 65.6 Å². The van der Waals surface area contributed by atoms with E-state index in [1.165, 1.54) is 0 Å². The Hall–Kier alpha value is -2.71. The van der Waals surface area contributed by atoms with Crippen molar-refractivity contribution in [3.63, 3.8) is 0 Å². The zero-order chi connectivity index (χ0) is 26.7. The van der Waals surface area contributed by atoms with Crippen molar-refractivity contribution in [1.29, 1.82) is 0 Å². The summed E-state index contributed by atoms with van der Waals surface area (Å²) in [5, 5.41) is 10.5. The fraction of sp³-hybridized carbons (Fsp3) is 0.500. The van der Waals surface area contributed by atoms with Gasteiger partial charge in [0.2, 0.25) is 5.91 Å². The highest BCUT2D eigenvalue weighted by Gasteiger charge is 2.41. The highest BCUT2D eigenvalue weighted by Crippen LogP contribution is 2.37. The van der Waals surface area contributed by atoms with Crippen LogP contribution in [0.1, 0.15) is 53.6 Å². The van der Waals surface area contributed by atoms with Crippen molar-refractivity contribution in [3.8, 4) is 5.75 Å². The normalized spacial score (nSPS) is 20.7. The maximum atomic E-state index is 13.8. The molecular weight excluding hydrogens is 502 g/mol. The summed E-state index contributed by atoms with van der Waals surface area (Å²) in [7, 11) is 0. The summed E-state index contributed by atoms with van der Waals surface area (Å²) in [5.74, 6) is -1.53.